The van der Waals surface area contributed by atoms with Crippen LogP contribution in [0.4, 0.5) is 0 Å². The Morgan fingerprint density at radius 2 is 1.76 bits per heavy atom. The number of hydrazone groups is 1. The number of hydrogen-bond donors (Lipinski definition) is 1. The number of carbonyl (C=O) groups excluding carboxylic acids is 1. The molecule has 8 nitrogen and oxygen atoms in total. The third-order valence-electron chi connectivity index (χ3n) is 4.30. The molecule has 0 atom stereocenters. The Morgan fingerprint density at radius 3 is 2.45 bits per heavy atom. The van der Waals surface area contributed by atoms with E-state index in [1.165, 1.54) is 37.6 Å². The second-order valence-corrected chi connectivity index (χ2v) is 8.73. The number of rotatable bonds is 9. The van der Waals surface area contributed by atoms with Crippen molar-refractivity contribution in [2.45, 2.75) is 11.8 Å². The number of carbonyl (C=O) groups is 1. The molecule has 0 heterocycles. The molecule has 0 aliphatic carbocycles. The molecular formula is C23H21ClN2O6S. The highest BCUT2D eigenvalue weighted by Crippen LogP contribution is 2.30. The van der Waals surface area contributed by atoms with E-state index < -0.39 is 16.0 Å². The first-order chi connectivity index (χ1) is 15.8. The first kappa shape index (κ1) is 24.1. The number of methoxy groups -OCH3 is 1. The summed E-state index contributed by atoms with van der Waals surface area (Å²) in [4.78, 5) is 11.9. The van der Waals surface area contributed by atoms with Gasteiger partial charge in [-0.1, -0.05) is 41.4 Å². The van der Waals surface area contributed by atoms with E-state index in [0.29, 0.717) is 16.3 Å². The summed E-state index contributed by atoms with van der Waals surface area (Å²) >= 11 is 5.97. The number of hydrogen-bond acceptors (Lipinski definition) is 7. The minimum Gasteiger partial charge on any atom is -0.493 e. The lowest BCUT2D eigenvalue weighted by atomic mass is 10.2. The average molecular weight is 489 g/mol. The maximum Gasteiger partial charge on any atom is 0.339 e. The van der Waals surface area contributed by atoms with E-state index in [0.717, 1.165) is 5.56 Å². The highest BCUT2D eigenvalue weighted by molar-refractivity contribution is 7.87. The van der Waals surface area contributed by atoms with Crippen LogP contribution in [-0.4, -0.2) is 34.3 Å². The van der Waals surface area contributed by atoms with Crippen molar-refractivity contribution in [2.24, 2.45) is 5.10 Å². The fourth-order valence-electron chi connectivity index (χ4n) is 2.62. The summed E-state index contributed by atoms with van der Waals surface area (Å²) in [5, 5.41) is 4.26. The molecule has 0 aliphatic heterocycles. The molecule has 0 bridgehead atoms. The van der Waals surface area contributed by atoms with Crippen molar-refractivity contribution in [3.8, 4) is 17.2 Å². The van der Waals surface area contributed by atoms with Gasteiger partial charge in [-0.2, -0.15) is 13.5 Å². The summed E-state index contributed by atoms with van der Waals surface area (Å²) in [6.07, 6.45) is 1.37. The standard InChI is InChI=1S/C23H21ClN2O6S/c1-16-7-10-18(11-8-16)33(28,29)32-21-12-9-17(13-22(21)30-2)14-25-26-23(27)15-31-20-6-4-3-5-19(20)24/h3-14H,15H2,1-2H3,(H,26,27)/b25-14+. The Hall–Kier alpha value is -3.56. The number of benzene rings is 3. The highest BCUT2D eigenvalue weighted by atomic mass is 35.5. The molecule has 0 aromatic heterocycles. The van der Waals surface area contributed by atoms with Crippen LogP contribution in [0.1, 0.15) is 11.1 Å². The van der Waals surface area contributed by atoms with Gasteiger partial charge in [0.15, 0.2) is 18.1 Å². The van der Waals surface area contributed by atoms with E-state index >= 15 is 0 Å². The van der Waals surface area contributed by atoms with Crippen LogP contribution in [0, 0.1) is 6.92 Å². The molecule has 10 heteroatoms. The van der Waals surface area contributed by atoms with Crippen molar-refractivity contribution in [1.29, 1.82) is 0 Å². The smallest absolute Gasteiger partial charge is 0.339 e. The number of amides is 1. The lowest BCUT2D eigenvalue weighted by Crippen LogP contribution is -2.24. The predicted octanol–water partition coefficient (Wildman–Crippen LogP) is 3.95. The van der Waals surface area contributed by atoms with Crippen LogP contribution in [0.15, 0.2) is 76.7 Å². The summed E-state index contributed by atoms with van der Waals surface area (Å²) < 4.78 is 40.9. The molecule has 0 unspecified atom stereocenters. The Balaban J connectivity index is 1.62. The number of nitrogens with one attached hydrogen (secondary N) is 1. The topological polar surface area (TPSA) is 103 Å². The number of aryl methyl sites for hydroxylation is 1. The molecule has 172 valence electrons. The molecule has 1 amide bonds. The zero-order chi connectivity index (χ0) is 23.8. The lowest BCUT2D eigenvalue weighted by Gasteiger charge is -2.11. The first-order valence-corrected chi connectivity index (χ1v) is 11.5. The van der Waals surface area contributed by atoms with Gasteiger partial charge in [-0.05, 0) is 55.0 Å². The monoisotopic (exact) mass is 488 g/mol. The molecular weight excluding hydrogens is 468 g/mol. The third kappa shape index (κ3) is 6.71. The van der Waals surface area contributed by atoms with E-state index in [1.807, 2.05) is 6.92 Å². The number of ether oxygens (including phenoxy) is 2. The van der Waals surface area contributed by atoms with E-state index in [-0.39, 0.29) is 23.0 Å². The molecule has 1 N–H and O–H groups in total. The first-order valence-electron chi connectivity index (χ1n) is 9.67. The van der Waals surface area contributed by atoms with Crippen molar-refractivity contribution in [2.75, 3.05) is 13.7 Å². The van der Waals surface area contributed by atoms with Gasteiger partial charge in [0.25, 0.3) is 5.91 Å². The summed E-state index contributed by atoms with van der Waals surface area (Å²) in [5.41, 5.74) is 3.80. The minimum atomic E-state index is -4.03. The molecule has 0 radical (unpaired) electrons. The van der Waals surface area contributed by atoms with E-state index in [4.69, 9.17) is 25.3 Å². The Morgan fingerprint density at radius 1 is 1.03 bits per heavy atom. The maximum atomic E-state index is 12.5. The minimum absolute atomic E-state index is 0.0207. The number of halogens is 1. The SMILES string of the molecule is COc1cc(/C=N/NC(=O)COc2ccccc2Cl)ccc1OS(=O)(=O)c1ccc(C)cc1. The second-order valence-electron chi connectivity index (χ2n) is 6.77. The summed E-state index contributed by atoms with van der Waals surface area (Å²) in [6, 6.07) is 17.6. The molecule has 0 fully saturated rings. The summed E-state index contributed by atoms with van der Waals surface area (Å²) in [6.45, 7) is 1.59. The van der Waals surface area contributed by atoms with Crippen LogP contribution in [0.5, 0.6) is 17.2 Å². The van der Waals surface area contributed by atoms with Crippen LogP contribution < -0.4 is 19.1 Å². The molecule has 0 saturated heterocycles. The van der Waals surface area contributed by atoms with Gasteiger partial charge in [0, 0.05) is 0 Å². The summed E-state index contributed by atoms with van der Waals surface area (Å²) in [5.74, 6) is 0.108. The van der Waals surface area contributed by atoms with Crippen LogP contribution in [0.3, 0.4) is 0 Å². The third-order valence-corrected chi connectivity index (χ3v) is 5.86. The van der Waals surface area contributed by atoms with Gasteiger partial charge in [-0.3, -0.25) is 4.79 Å². The number of nitrogens with zero attached hydrogens (tertiary/aromatic N) is 1. The van der Waals surface area contributed by atoms with Crippen LogP contribution in [0.2, 0.25) is 5.02 Å². The van der Waals surface area contributed by atoms with E-state index in [1.54, 1.807) is 42.5 Å². The van der Waals surface area contributed by atoms with Crippen LogP contribution in [0.25, 0.3) is 0 Å². The van der Waals surface area contributed by atoms with Crippen molar-refractivity contribution in [3.63, 3.8) is 0 Å². The molecule has 3 aromatic carbocycles. The van der Waals surface area contributed by atoms with E-state index in [9.17, 15) is 13.2 Å². The maximum absolute atomic E-state index is 12.5. The zero-order valence-corrected chi connectivity index (χ0v) is 19.4. The Labute approximate surface area is 196 Å². The van der Waals surface area contributed by atoms with Gasteiger partial charge in [-0.25, -0.2) is 5.43 Å². The molecule has 3 aromatic rings. The highest BCUT2D eigenvalue weighted by Gasteiger charge is 2.19. The van der Waals surface area contributed by atoms with E-state index in [2.05, 4.69) is 10.5 Å². The van der Waals surface area contributed by atoms with Crippen molar-refractivity contribution >= 4 is 33.8 Å². The largest absolute Gasteiger partial charge is 0.493 e. The van der Waals surface area contributed by atoms with Gasteiger partial charge in [-0.15, -0.1) is 0 Å². The van der Waals surface area contributed by atoms with Crippen LogP contribution in [-0.2, 0) is 14.9 Å². The molecule has 0 spiro atoms. The fourth-order valence-corrected chi connectivity index (χ4v) is 3.75. The van der Waals surface area contributed by atoms with Gasteiger partial charge in [0.1, 0.15) is 10.6 Å². The van der Waals surface area contributed by atoms with Crippen molar-refractivity contribution in [1.82, 2.24) is 5.43 Å². The molecule has 3 rings (SSSR count). The van der Waals surface area contributed by atoms with Crippen molar-refractivity contribution < 1.29 is 26.9 Å². The van der Waals surface area contributed by atoms with Gasteiger partial charge >= 0.3 is 10.1 Å². The predicted molar refractivity (Wildman–Crippen MR) is 125 cm³/mol. The van der Waals surface area contributed by atoms with Gasteiger partial charge in [0.2, 0.25) is 0 Å². The average Bonchev–Trinajstić information content (AvgIpc) is 2.79. The zero-order valence-electron chi connectivity index (χ0n) is 17.8. The molecule has 0 saturated carbocycles. The van der Waals surface area contributed by atoms with Gasteiger partial charge in [0.05, 0.1) is 18.3 Å². The normalized spacial score (nSPS) is 11.2. The van der Waals surface area contributed by atoms with Crippen molar-refractivity contribution in [3.05, 3.63) is 82.9 Å². The summed E-state index contributed by atoms with van der Waals surface area (Å²) in [7, 11) is -2.65. The molecule has 0 aliphatic rings. The van der Waals surface area contributed by atoms with Crippen LogP contribution >= 0.6 is 11.6 Å². The van der Waals surface area contributed by atoms with Gasteiger partial charge < -0.3 is 13.7 Å². The quantitative estimate of drug-likeness (QED) is 0.278. The second kappa shape index (κ2) is 10.8. The lowest BCUT2D eigenvalue weighted by molar-refractivity contribution is -0.123. The molecule has 33 heavy (non-hydrogen) atoms. The fraction of sp³-hybridized carbons (Fsp3) is 0.130. The Bertz CT molecular complexity index is 1260. The number of para-hydroxylation sites is 1. The Kier molecular flexibility index (Phi) is 7.92.